The molecule has 0 heterocycles. The minimum atomic E-state index is -2.83. The fraction of sp³-hybridized carbons (Fsp3) is 1.00. The van der Waals surface area contributed by atoms with Gasteiger partial charge >= 0.3 is 0 Å². The maximum Gasteiger partial charge on any atom is 0.147 e. The lowest BCUT2D eigenvalue weighted by atomic mass is 10.1. The molecule has 0 fully saturated rings. The lowest BCUT2D eigenvalue weighted by Crippen LogP contribution is -2.37. The van der Waals surface area contributed by atoms with E-state index in [2.05, 4.69) is 18.7 Å². The molecule has 16 heavy (non-hydrogen) atoms. The van der Waals surface area contributed by atoms with Gasteiger partial charge in [-0.1, -0.05) is 13.8 Å². The van der Waals surface area contributed by atoms with Crippen LogP contribution in [0.1, 0.15) is 33.1 Å². The third kappa shape index (κ3) is 7.47. The van der Waals surface area contributed by atoms with Crippen molar-refractivity contribution in [3.8, 4) is 0 Å². The summed E-state index contributed by atoms with van der Waals surface area (Å²) in [5, 5.41) is 0. The molecule has 5 heteroatoms. The first-order valence-corrected chi connectivity index (χ1v) is 8.51. The topological polar surface area (TPSA) is 37.4 Å². The van der Waals surface area contributed by atoms with E-state index in [1.807, 2.05) is 0 Å². The number of hydrogen-bond acceptors (Lipinski definition) is 3. The Kier molecular flexibility index (Phi) is 8.42. The Bertz CT molecular complexity index is 263. The van der Waals surface area contributed by atoms with Gasteiger partial charge in [0.25, 0.3) is 0 Å². The van der Waals surface area contributed by atoms with Gasteiger partial charge in [0.05, 0.1) is 5.75 Å². The van der Waals surface area contributed by atoms with Gasteiger partial charge in [-0.05, 0) is 25.8 Å². The second-order valence-electron chi connectivity index (χ2n) is 4.18. The largest absolute Gasteiger partial charge is 0.299 e. The number of halogens is 1. The summed E-state index contributed by atoms with van der Waals surface area (Å²) in [4.78, 5) is 2.30. The van der Waals surface area contributed by atoms with Crippen LogP contribution in [0.2, 0.25) is 0 Å². The van der Waals surface area contributed by atoms with Crippen molar-refractivity contribution in [2.24, 2.45) is 0 Å². The van der Waals surface area contributed by atoms with Gasteiger partial charge in [0.1, 0.15) is 9.84 Å². The molecule has 0 amide bonds. The molecular weight excluding hydrogens is 246 g/mol. The number of sulfone groups is 1. The van der Waals surface area contributed by atoms with Crippen molar-refractivity contribution in [3.05, 3.63) is 0 Å². The first kappa shape index (κ1) is 16.2. The van der Waals surface area contributed by atoms with Gasteiger partial charge in [0.2, 0.25) is 0 Å². The molecule has 0 aliphatic heterocycles. The molecule has 98 valence electrons. The monoisotopic (exact) mass is 269 g/mol. The summed E-state index contributed by atoms with van der Waals surface area (Å²) in [7, 11) is -2.83. The van der Waals surface area contributed by atoms with Crippen LogP contribution in [-0.4, -0.2) is 50.3 Å². The van der Waals surface area contributed by atoms with E-state index in [0.29, 0.717) is 18.3 Å². The zero-order chi connectivity index (χ0) is 12.6. The number of hydrogen-bond donors (Lipinski definition) is 0. The number of alkyl halides is 1. The highest BCUT2D eigenvalue weighted by Gasteiger charge is 2.14. The van der Waals surface area contributed by atoms with Crippen LogP contribution in [0, 0.1) is 0 Å². The van der Waals surface area contributed by atoms with Gasteiger partial charge in [-0.15, -0.1) is 11.6 Å². The highest BCUT2D eigenvalue weighted by Crippen LogP contribution is 2.09. The van der Waals surface area contributed by atoms with Crippen LogP contribution >= 0.6 is 11.6 Å². The van der Waals surface area contributed by atoms with Gasteiger partial charge in [0.15, 0.2) is 0 Å². The van der Waals surface area contributed by atoms with E-state index < -0.39 is 9.84 Å². The Labute approximate surface area is 105 Å². The third-order valence-electron chi connectivity index (χ3n) is 2.79. The summed E-state index contributed by atoms with van der Waals surface area (Å²) >= 11 is 5.76. The fourth-order valence-corrected chi connectivity index (χ4v) is 2.79. The van der Waals surface area contributed by atoms with Crippen LogP contribution in [0.3, 0.4) is 0 Å². The zero-order valence-corrected chi connectivity index (χ0v) is 12.1. The molecule has 0 aromatic carbocycles. The Balaban J connectivity index is 4.12. The minimum absolute atomic E-state index is 0.270. The molecule has 0 aromatic heterocycles. The molecule has 0 aliphatic rings. The Morgan fingerprint density at radius 1 is 1.19 bits per heavy atom. The van der Waals surface area contributed by atoms with E-state index in [4.69, 9.17) is 11.6 Å². The SMILES string of the molecule is CCC(CC)N(CCCl)CCCS(C)(=O)=O. The molecule has 0 bridgehead atoms. The van der Waals surface area contributed by atoms with Crippen LogP contribution in [0.5, 0.6) is 0 Å². The molecule has 0 saturated heterocycles. The van der Waals surface area contributed by atoms with Crippen LogP contribution in [0.15, 0.2) is 0 Å². The molecule has 0 unspecified atom stereocenters. The highest BCUT2D eigenvalue weighted by molar-refractivity contribution is 7.90. The summed E-state index contributed by atoms with van der Waals surface area (Å²) in [6.07, 6.45) is 4.17. The predicted molar refractivity (Wildman–Crippen MR) is 71.0 cm³/mol. The normalized spacial score (nSPS) is 12.6. The van der Waals surface area contributed by atoms with Crippen molar-refractivity contribution in [3.63, 3.8) is 0 Å². The average molecular weight is 270 g/mol. The Morgan fingerprint density at radius 3 is 2.12 bits per heavy atom. The van der Waals surface area contributed by atoms with E-state index in [-0.39, 0.29) is 5.75 Å². The molecule has 3 nitrogen and oxygen atoms in total. The van der Waals surface area contributed by atoms with Gasteiger partial charge in [-0.25, -0.2) is 8.42 Å². The predicted octanol–water partition coefficient (Wildman–Crippen LogP) is 2.15. The Morgan fingerprint density at radius 2 is 1.75 bits per heavy atom. The van der Waals surface area contributed by atoms with Gasteiger partial charge < -0.3 is 0 Å². The summed E-state index contributed by atoms with van der Waals surface area (Å²) < 4.78 is 22.1. The second-order valence-corrected chi connectivity index (χ2v) is 6.82. The van der Waals surface area contributed by atoms with Gasteiger partial charge in [-0.2, -0.15) is 0 Å². The lowest BCUT2D eigenvalue weighted by molar-refractivity contribution is 0.197. The van der Waals surface area contributed by atoms with Gasteiger partial charge in [-0.3, -0.25) is 4.90 Å². The summed E-state index contributed by atoms with van der Waals surface area (Å²) in [5.74, 6) is 0.876. The number of rotatable bonds is 9. The van der Waals surface area contributed by atoms with Crippen LogP contribution in [0.25, 0.3) is 0 Å². The van der Waals surface area contributed by atoms with E-state index in [1.54, 1.807) is 0 Å². The van der Waals surface area contributed by atoms with E-state index >= 15 is 0 Å². The maximum absolute atomic E-state index is 11.0. The highest BCUT2D eigenvalue weighted by atomic mass is 35.5. The van der Waals surface area contributed by atoms with Crippen molar-refractivity contribution >= 4 is 21.4 Å². The quantitative estimate of drug-likeness (QED) is 0.602. The minimum Gasteiger partial charge on any atom is -0.299 e. The zero-order valence-electron chi connectivity index (χ0n) is 10.6. The Hall–Kier alpha value is 0.200. The van der Waals surface area contributed by atoms with E-state index in [9.17, 15) is 8.42 Å². The molecule has 0 aliphatic carbocycles. The van der Waals surface area contributed by atoms with Gasteiger partial charge in [0, 0.05) is 24.7 Å². The first-order chi connectivity index (χ1) is 7.44. The molecule has 0 rings (SSSR count). The van der Waals surface area contributed by atoms with Crippen molar-refractivity contribution in [1.29, 1.82) is 0 Å². The standard InChI is InChI=1S/C11H24ClNO2S/c1-4-11(5-2)13(9-7-12)8-6-10-16(3,14)15/h11H,4-10H2,1-3H3. The number of nitrogens with zero attached hydrogens (tertiary/aromatic N) is 1. The van der Waals surface area contributed by atoms with Crippen LogP contribution in [0.4, 0.5) is 0 Å². The van der Waals surface area contributed by atoms with Crippen molar-refractivity contribution < 1.29 is 8.42 Å². The van der Waals surface area contributed by atoms with Crippen LogP contribution in [-0.2, 0) is 9.84 Å². The van der Waals surface area contributed by atoms with Crippen molar-refractivity contribution in [2.45, 2.75) is 39.2 Å². The average Bonchev–Trinajstić information content (AvgIpc) is 2.17. The van der Waals surface area contributed by atoms with Crippen LogP contribution < -0.4 is 0 Å². The third-order valence-corrected chi connectivity index (χ3v) is 3.99. The second kappa shape index (κ2) is 8.31. The molecule has 0 saturated carbocycles. The molecule has 0 N–H and O–H groups in total. The molecule has 0 aromatic rings. The fourth-order valence-electron chi connectivity index (χ4n) is 1.92. The first-order valence-electron chi connectivity index (χ1n) is 5.92. The molecular formula is C11H24ClNO2S. The summed E-state index contributed by atoms with van der Waals surface area (Å²) in [6.45, 7) is 5.99. The van der Waals surface area contributed by atoms with E-state index in [0.717, 1.165) is 25.9 Å². The van der Waals surface area contributed by atoms with Crippen molar-refractivity contribution in [1.82, 2.24) is 4.90 Å². The molecule has 0 atom stereocenters. The smallest absolute Gasteiger partial charge is 0.147 e. The van der Waals surface area contributed by atoms with Crippen molar-refractivity contribution in [2.75, 3.05) is 31.0 Å². The lowest BCUT2D eigenvalue weighted by Gasteiger charge is -2.29. The maximum atomic E-state index is 11.0. The summed E-state index contributed by atoms with van der Waals surface area (Å²) in [6, 6.07) is 0.526. The molecule has 0 spiro atoms. The molecule has 0 radical (unpaired) electrons. The van der Waals surface area contributed by atoms with E-state index in [1.165, 1.54) is 6.26 Å². The summed E-state index contributed by atoms with van der Waals surface area (Å²) in [5.41, 5.74) is 0.